The van der Waals surface area contributed by atoms with Crippen molar-refractivity contribution in [1.29, 1.82) is 0 Å². The highest BCUT2D eigenvalue weighted by atomic mass is 16.5. The summed E-state index contributed by atoms with van der Waals surface area (Å²) in [6.07, 6.45) is 4.04. The fourth-order valence-electron chi connectivity index (χ4n) is 2.57. The van der Waals surface area contributed by atoms with Gasteiger partial charge in [-0.3, -0.25) is 0 Å². The lowest BCUT2D eigenvalue weighted by Crippen LogP contribution is -2.46. The van der Waals surface area contributed by atoms with Crippen LogP contribution in [-0.4, -0.2) is 43.7 Å². The van der Waals surface area contributed by atoms with Gasteiger partial charge in [0, 0.05) is 31.0 Å². The zero-order valence-corrected chi connectivity index (χ0v) is 11.6. The minimum atomic E-state index is -0.389. The third-order valence-corrected chi connectivity index (χ3v) is 3.52. The van der Waals surface area contributed by atoms with Crippen LogP contribution in [0.2, 0.25) is 0 Å². The minimum absolute atomic E-state index is 0.363. The number of likely N-dealkylation sites (N-methyl/N-ethyl adjacent to an activating group) is 1. The van der Waals surface area contributed by atoms with Crippen LogP contribution in [0.5, 0.6) is 0 Å². The predicted molar refractivity (Wildman–Crippen MR) is 74.5 cm³/mol. The molecule has 0 bridgehead atoms. The number of carbonyl (C=O) groups is 1. The van der Waals surface area contributed by atoms with Crippen molar-refractivity contribution in [3.63, 3.8) is 0 Å². The molecule has 2 heterocycles. The second-order valence-corrected chi connectivity index (χ2v) is 4.68. The van der Waals surface area contributed by atoms with E-state index in [9.17, 15) is 4.79 Å². The molecular formula is C14H21N3O2. The molecule has 0 aliphatic carbocycles. The van der Waals surface area contributed by atoms with Crippen LogP contribution in [0.25, 0.3) is 0 Å². The normalized spacial score (nSPS) is 18.9. The summed E-state index contributed by atoms with van der Waals surface area (Å²) in [7, 11) is 1.37. The maximum absolute atomic E-state index is 11.5. The number of nitrogens with one attached hydrogen (secondary N) is 1. The second kappa shape index (κ2) is 6.52. The first-order valence-electron chi connectivity index (χ1n) is 6.78. The molecule has 1 aromatic heterocycles. The van der Waals surface area contributed by atoms with E-state index in [1.807, 2.05) is 12.1 Å². The second-order valence-electron chi connectivity index (χ2n) is 4.68. The molecule has 1 aliphatic rings. The molecule has 1 aliphatic heterocycles. The van der Waals surface area contributed by atoms with Crippen molar-refractivity contribution in [2.24, 2.45) is 0 Å². The monoisotopic (exact) mass is 263 g/mol. The van der Waals surface area contributed by atoms with Crippen LogP contribution in [0.3, 0.4) is 0 Å². The van der Waals surface area contributed by atoms with E-state index in [1.165, 1.54) is 20.0 Å². The number of piperidine rings is 1. The largest absolute Gasteiger partial charge is 0.464 e. The topological polar surface area (TPSA) is 54.5 Å². The lowest BCUT2D eigenvalue weighted by atomic mass is 10.1. The molecule has 0 radical (unpaired) electrons. The summed E-state index contributed by atoms with van der Waals surface area (Å²) < 4.78 is 4.72. The van der Waals surface area contributed by atoms with Gasteiger partial charge in [-0.05, 0) is 38.4 Å². The molecule has 5 heteroatoms. The molecule has 1 unspecified atom stereocenters. The molecule has 19 heavy (non-hydrogen) atoms. The number of methoxy groups -OCH3 is 1. The summed E-state index contributed by atoms with van der Waals surface area (Å²) in [4.78, 5) is 17.9. The molecule has 2 rings (SSSR count). The number of anilines is 1. The Hall–Kier alpha value is -1.62. The fraction of sp³-hybridized carbons (Fsp3) is 0.571. The van der Waals surface area contributed by atoms with Crippen LogP contribution >= 0.6 is 0 Å². The number of carbonyl (C=O) groups excluding carboxylic acids is 1. The number of aromatic nitrogens is 1. The van der Waals surface area contributed by atoms with Gasteiger partial charge < -0.3 is 15.0 Å². The van der Waals surface area contributed by atoms with Gasteiger partial charge in [-0.2, -0.15) is 0 Å². The molecule has 1 fully saturated rings. The van der Waals surface area contributed by atoms with Crippen molar-refractivity contribution in [3.05, 3.63) is 24.0 Å². The highest BCUT2D eigenvalue weighted by Crippen LogP contribution is 2.21. The predicted octanol–water partition coefficient (Wildman–Crippen LogP) is 1.45. The highest BCUT2D eigenvalue weighted by Gasteiger charge is 2.21. The van der Waals surface area contributed by atoms with Crippen molar-refractivity contribution >= 4 is 11.7 Å². The molecule has 0 spiro atoms. The van der Waals surface area contributed by atoms with E-state index in [-0.39, 0.29) is 5.97 Å². The van der Waals surface area contributed by atoms with E-state index in [2.05, 4.69) is 22.1 Å². The molecule has 104 valence electrons. The van der Waals surface area contributed by atoms with Crippen molar-refractivity contribution in [3.8, 4) is 0 Å². The SMILES string of the molecule is CCN(c1ccnc(C(=O)OC)c1)C1CCCNC1. The Morgan fingerprint density at radius 3 is 3.11 bits per heavy atom. The maximum atomic E-state index is 11.5. The molecule has 0 amide bonds. The summed E-state index contributed by atoms with van der Waals surface area (Å²) in [6.45, 7) is 5.13. The van der Waals surface area contributed by atoms with Gasteiger partial charge in [-0.25, -0.2) is 9.78 Å². The number of rotatable bonds is 4. The van der Waals surface area contributed by atoms with Crippen molar-refractivity contribution in [1.82, 2.24) is 10.3 Å². The van der Waals surface area contributed by atoms with Gasteiger partial charge in [0.2, 0.25) is 0 Å². The minimum Gasteiger partial charge on any atom is -0.464 e. The third kappa shape index (κ3) is 3.23. The molecule has 0 aromatic carbocycles. The number of hydrogen-bond donors (Lipinski definition) is 1. The quantitative estimate of drug-likeness (QED) is 0.833. The van der Waals surface area contributed by atoms with E-state index in [0.29, 0.717) is 11.7 Å². The molecule has 1 aromatic rings. The summed E-state index contributed by atoms with van der Waals surface area (Å²) in [5.74, 6) is -0.389. The summed E-state index contributed by atoms with van der Waals surface area (Å²) in [6, 6.07) is 4.24. The zero-order valence-electron chi connectivity index (χ0n) is 11.6. The standard InChI is InChI=1S/C14H21N3O2/c1-3-17(12-5-4-7-15-10-12)11-6-8-16-13(9-11)14(18)19-2/h6,8-9,12,15H,3-5,7,10H2,1-2H3. The number of pyridine rings is 1. The molecule has 0 saturated carbocycles. The lowest BCUT2D eigenvalue weighted by Gasteiger charge is -2.35. The van der Waals surface area contributed by atoms with Gasteiger partial charge >= 0.3 is 5.97 Å². The zero-order chi connectivity index (χ0) is 13.7. The van der Waals surface area contributed by atoms with Crippen molar-refractivity contribution in [2.45, 2.75) is 25.8 Å². The Morgan fingerprint density at radius 1 is 1.63 bits per heavy atom. The fourth-order valence-corrected chi connectivity index (χ4v) is 2.57. The Bertz CT molecular complexity index is 430. The van der Waals surface area contributed by atoms with Crippen molar-refractivity contribution < 1.29 is 9.53 Å². The van der Waals surface area contributed by atoms with Gasteiger partial charge in [-0.15, -0.1) is 0 Å². The van der Waals surface area contributed by atoms with Crippen LogP contribution in [0.1, 0.15) is 30.3 Å². The van der Waals surface area contributed by atoms with Gasteiger partial charge in [0.15, 0.2) is 0 Å². The Labute approximate surface area is 114 Å². The Balaban J connectivity index is 2.19. The number of hydrogen-bond acceptors (Lipinski definition) is 5. The van der Waals surface area contributed by atoms with E-state index >= 15 is 0 Å². The maximum Gasteiger partial charge on any atom is 0.356 e. The van der Waals surface area contributed by atoms with Gasteiger partial charge in [0.05, 0.1) is 7.11 Å². The number of ether oxygens (including phenoxy) is 1. The number of nitrogens with zero attached hydrogens (tertiary/aromatic N) is 2. The molecule has 1 N–H and O–H groups in total. The first-order chi connectivity index (χ1) is 9.26. The summed E-state index contributed by atoms with van der Waals surface area (Å²) in [5, 5.41) is 3.42. The Kier molecular flexibility index (Phi) is 4.74. The third-order valence-electron chi connectivity index (χ3n) is 3.52. The summed E-state index contributed by atoms with van der Waals surface area (Å²) in [5.41, 5.74) is 1.40. The first-order valence-corrected chi connectivity index (χ1v) is 6.78. The lowest BCUT2D eigenvalue weighted by molar-refractivity contribution is 0.0594. The molecular weight excluding hydrogens is 242 g/mol. The van der Waals surface area contributed by atoms with Gasteiger partial charge in [0.1, 0.15) is 5.69 Å². The molecule has 1 atom stereocenters. The van der Waals surface area contributed by atoms with E-state index < -0.39 is 0 Å². The van der Waals surface area contributed by atoms with E-state index in [0.717, 1.165) is 25.3 Å². The van der Waals surface area contributed by atoms with Crippen LogP contribution < -0.4 is 10.2 Å². The molecule has 1 saturated heterocycles. The van der Waals surface area contributed by atoms with Gasteiger partial charge in [0.25, 0.3) is 0 Å². The Morgan fingerprint density at radius 2 is 2.47 bits per heavy atom. The summed E-state index contributed by atoms with van der Waals surface area (Å²) >= 11 is 0. The molecule has 5 nitrogen and oxygen atoms in total. The first kappa shape index (κ1) is 13.8. The van der Waals surface area contributed by atoms with E-state index in [4.69, 9.17) is 4.74 Å². The smallest absolute Gasteiger partial charge is 0.356 e. The highest BCUT2D eigenvalue weighted by molar-refractivity contribution is 5.88. The van der Waals surface area contributed by atoms with Crippen LogP contribution in [0.4, 0.5) is 5.69 Å². The average molecular weight is 263 g/mol. The van der Waals surface area contributed by atoms with E-state index in [1.54, 1.807) is 6.20 Å². The number of esters is 1. The van der Waals surface area contributed by atoms with Gasteiger partial charge in [-0.1, -0.05) is 0 Å². The average Bonchev–Trinajstić information content (AvgIpc) is 2.48. The van der Waals surface area contributed by atoms with Crippen LogP contribution in [0.15, 0.2) is 18.3 Å². The van der Waals surface area contributed by atoms with Crippen LogP contribution in [-0.2, 0) is 4.74 Å². The van der Waals surface area contributed by atoms with Crippen LogP contribution in [0, 0.1) is 0 Å². The van der Waals surface area contributed by atoms with Crippen molar-refractivity contribution in [2.75, 3.05) is 31.6 Å².